The minimum atomic E-state index is -0.705. The van der Waals surface area contributed by atoms with Crippen LogP contribution in [0.15, 0.2) is 18.6 Å². The number of hydrogen-bond acceptors (Lipinski definition) is 4. The van der Waals surface area contributed by atoms with Crippen LogP contribution in [0.25, 0.3) is 0 Å². The number of carbonyl (C=O) groups is 1. The van der Waals surface area contributed by atoms with E-state index in [0.717, 1.165) is 25.2 Å². The molecule has 1 N–H and O–H groups in total. The molecule has 17 heavy (non-hydrogen) atoms. The molecule has 2 rings (SSSR count). The van der Waals surface area contributed by atoms with Gasteiger partial charge < -0.3 is 5.11 Å². The van der Waals surface area contributed by atoms with Crippen LogP contribution in [0.3, 0.4) is 0 Å². The molecule has 1 fully saturated rings. The maximum atomic E-state index is 10.7. The molecular weight excluding hydrogens is 218 g/mol. The Hall–Kier alpha value is -1.49. The van der Waals surface area contributed by atoms with Crippen molar-refractivity contribution in [2.45, 2.75) is 25.8 Å². The van der Waals surface area contributed by atoms with E-state index in [1.807, 2.05) is 0 Å². The number of nitrogens with zero attached hydrogens (tertiary/aromatic N) is 3. The number of carboxylic acid groups (broad SMARTS) is 1. The summed E-state index contributed by atoms with van der Waals surface area (Å²) in [6.07, 6.45) is 6.35. The Morgan fingerprint density at radius 3 is 3.12 bits per heavy atom. The smallest absolute Gasteiger partial charge is 0.303 e. The molecule has 0 saturated carbocycles. The second kappa shape index (κ2) is 5.23. The Bertz CT molecular complexity index is 383. The number of aliphatic carboxylic acids is 1. The fraction of sp³-hybridized carbons (Fsp3) is 0.583. The maximum Gasteiger partial charge on any atom is 0.303 e. The van der Waals surface area contributed by atoms with Crippen LogP contribution in [0.4, 0.5) is 0 Å². The molecule has 0 aromatic carbocycles. The number of carboxylic acids is 1. The van der Waals surface area contributed by atoms with E-state index in [9.17, 15) is 4.79 Å². The first-order valence-electron chi connectivity index (χ1n) is 5.88. The van der Waals surface area contributed by atoms with Crippen LogP contribution in [-0.4, -0.2) is 39.0 Å². The second-order valence-corrected chi connectivity index (χ2v) is 4.55. The summed E-state index contributed by atoms with van der Waals surface area (Å²) in [6, 6.07) is 0.211. The molecule has 1 aliphatic rings. The van der Waals surface area contributed by atoms with E-state index < -0.39 is 5.97 Å². The molecular formula is C12H17N3O2. The molecule has 0 aliphatic carbocycles. The molecule has 2 unspecified atom stereocenters. The summed E-state index contributed by atoms with van der Waals surface area (Å²) in [7, 11) is 0. The maximum absolute atomic E-state index is 10.7. The van der Waals surface area contributed by atoms with Gasteiger partial charge in [-0.3, -0.25) is 19.7 Å². The lowest BCUT2D eigenvalue weighted by atomic mass is 10.1. The average molecular weight is 235 g/mol. The largest absolute Gasteiger partial charge is 0.481 e. The van der Waals surface area contributed by atoms with Gasteiger partial charge >= 0.3 is 5.97 Å². The van der Waals surface area contributed by atoms with Gasteiger partial charge in [0.2, 0.25) is 0 Å². The molecule has 2 atom stereocenters. The van der Waals surface area contributed by atoms with Crippen LogP contribution in [0, 0.1) is 5.92 Å². The monoisotopic (exact) mass is 235 g/mol. The molecule has 1 aromatic heterocycles. The van der Waals surface area contributed by atoms with Crippen molar-refractivity contribution in [2.24, 2.45) is 5.92 Å². The fourth-order valence-electron chi connectivity index (χ4n) is 2.34. The van der Waals surface area contributed by atoms with Crippen LogP contribution in [0.2, 0.25) is 0 Å². The van der Waals surface area contributed by atoms with Gasteiger partial charge in [-0.15, -0.1) is 0 Å². The van der Waals surface area contributed by atoms with Gasteiger partial charge in [-0.1, -0.05) is 0 Å². The van der Waals surface area contributed by atoms with Crippen LogP contribution in [-0.2, 0) is 4.79 Å². The van der Waals surface area contributed by atoms with Crippen molar-refractivity contribution in [1.29, 1.82) is 0 Å². The molecule has 2 heterocycles. The third-order valence-corrected chi connectivity index (χ3v) is 3.34. The zero-order valence-corrected chi connectivity index (χ0v) is 9.91. The van der Waals surface area contributed by atoms with Crippen molar-refractivity contribution < 1.29 is 9.90 Å². The third kappa shape index (κ3) is 3.00. The third-order valence-electron chi connectivity index (χ3n) is 3.34. The van der Waals surface area contributed by atoms with Crippen LogP contribution < -0.4 is 0 Å². The average Bonchev–Trinajstić information content (AvgIpc) is 2.77. The first kappa shape index (κ1) is 12.0. The highest BCUT2D eigenvalue weighted by molar-refractivity contribution is 5.67. The Balaban J connectivity index is 1.94. The summed E-state index contributed by atoms with van der Waals surface area (Å²) >= 11 is 0. The van der Waals surface area contributed by atoms with Crippen molar-refractivity contribution in [3.8, 4) is 0 Å². The van der Waals surface area contributed by atoms with Gasteiger partial charge in [0.25, 0.3) is 0 Å². The van der Waals surface area contributed by atoms with Crippen molar-refractivity contribution >= 4 is 5.97 Å². The molecule has 1 aliphatic heterocycles. The lowest BCUT2D eigenvalue weighted by molar-refractivity contribution is -0.138. The van der Waals surface area contributed by atoms with Crippen molar-refractivity contribution in [3.05, 3.63) is 24.3 Å². The number of aromatic nitrogens is 2. The van der Waals surface area contributed by atoms with Crippen molar-refractivity contribution in [1.82, 2.24) is 14.9 Å². The van der Waals surface area contributed by atoms with Gasteiger partial charge in [0.15, 0.2) is 0 Å². The summed E-state index contributed by atoms with van der Waals surface area (Å²) in [4.78, 5) is 21.3. The Kier molecular flexibility index (Phi) is 3.68. The molecule has 0 bridgehead atoms. The lowest BCUT2D eigenvalue weighted by Gasteiger charge is -2.23. The van der Waals surface area contributed by atoms with Gasteiger partial charge in [-0.2, -0.15) is 0 Å². The summed E-state index contributed by atoms with van der Waals surface area (Å²) in [5, 5.41) is 8.77. The van der Waals surface area contributed by atoms with Crippen molar-refractivity contribution in [2.75, 3.05) is 13.1 Å². The van der Waals surface area contributed by atoms with Crippen molar-refractivity contribution in [3.63, 3.8) is 0 Å². The SMILES string of the molecule is CC(c1cnccn1)N1CCC(CC(=O)O)C1. The van der Waals surface area contributed by atoms with E-state index >= 15 is 0 Å². The fourth-order valence-corrected chi connectivity index (χ4v) is 2.34. The van der Waals surface area contributed by atoms with E-state index in [1.165, 1.54) is 0 Å². The number of rotatable bonds is 4. The molecule has 0 radical (unpaired) electrons. The Labute approximate surface area is 100 Å². The first-order valence-corrected chi connectivity index (χ1v) is 5.88. The zero-order valence-electron chi connectivity index (χ0n) is 9.91. The Morgan fingerprint density at radius 1 is 1.65 bits per heavy atom. The first-order chi connectivity index (χ1) is 8.16. The van der Waals surface area contributed by atoms with E-state index in [4.69, 9.17) is 5.11 Å². The van der Waals surface area contributed by atoms with Gasteiger partial charge in [-0.25, -0.2) is 0 Å². The van der Waals surface area contributed by atoms with E-state index in [1.54, 1.807) is 18.6 Å². The Morgan fingerprint density at radius 2 is 2.47 bits per heavy atom. The van der Waals surface area contributed by atoms with E-state index in [0.29, 0.717) is 0 Å². The van der Waals surface area contributed by atoms with Crippen LogP contribution in [0.1, 0.15) is 31.5 Å². The van der Waals surface area contributed by atoms with Gasteiger partial charge in [0.1, 0.15) is 0 Å². The summed E-state index contributed by atoms with van der Waals surface area (Å²) in [6.45, 7) is 3.87. The topological polar surface area (TPSA) is 66.3 Å². The number of likely N-dealkylation sites (tertiary alicyclic amines) is 1. The van der Waals surface area contributed by atoms with Crippen LogP contribution >= 0.6 is 0 Å². The minimum absolute atomic E-state index is 0.211. The predicted molar refractivity (Wildman–Crippen MR) is 62.4 cm³/mol. The van der Waals surface area contributed by atoms with Gasteiger partial charge in [0, 0.05) is 31.6 Å². The van der Waals surface area contributed by atoms with Gasteiger partial charge in [-0.05, 0) is 25.8 Å². The molecule has 5 heteroatoms. The second-order valence-electron chi connectivity index (χ2n) is 4.55. The van der Waals surface area contributed by atoms with E-state index in [-0.39, 0.29) is 18.4 Å². The molecule has 1 aromatic rings. The predicted octanol–water partition coefficient (Wildman–Crippen LogP) is 1.33. The van der Waals surface area contributed by atoms with Gasteiger partial charge in [0.05, 0.1) is 11.7 Å². The molecule has 5 nitrogen and oxygen atoms in total. The highest BCUT2D eigenvalue weighted by Gasteiger charge is 2.28. The van der Waals surface area contributed by atoms with E-state index in [2.05, 4.69) is 21.8 Å². The highest BCUT2D eigenvalue weighted by Crippen LogP contribution is 2.27. The normalized spacial score (nSPS) is 22.5. The lowest BCUT2D eigenvalue weighted by Crippen LogP contribution is -2.25. The molecule has 0 spiro atoms. The molecule has 0 amide bonds. The molecule has 1 saturated heterocycles. The number of hydrogen-bond donors (Lipinski definition) is 1. The highest BCUT2D eigenvalue weighted by atomic mass is 16.4. The molecule has 92 valence electrons. The van der Waals surface area contributed by atoms with Crippen LogP contribution in [0.5, 0.6) is 0 Å². The summed E-state index contributed by atoms with van der Waals surface area (Å²) < 4.78 is 0. The zero-order chi connectivity index (χ0) is 12.3. The minimum Gasteiger partial charge on any atom is -0.481 e. The summed E-state index contributed by atoms with van der Waals surface area (Å²) in [5.41, 5.74) is 0.948. The quantitative estimate of drug-likeness (QED) is 0.853. The summed E-state index contributed by atoms with van der Waals surface area (Å²) in [5.74, 6) is -0.435. The standard InChI is InChI=1S/C12H17N3O2/c1-9(11-7-13-3-4-14-11)15-5-2-10(8-15)6-12(16)17/h3-4,7,9-10H,2,5-6,8H2,1H3,(H,16,17).